The topological polar surface area (TPSA) is 55.7 Å². The summed E-state index contributed by atoms with van der Waals surface area (Å²) >= 11 is 0. The highest BCUT2D eigenvalue weighted by Crippen LogP contribution is 2.32. The van der Waals surface area contributed by atoms with Gasteiger partial charge in [0.25, 0.3) is 0 Å². The normalized spacial score (nSPS) is 25.9. The predicted octanol–water partition coefficient (Wildman–Crippen LogP) is -0.196. The Morgan fingerprint density at radius 2 is 1.81 bits per heavy atom. The predicted molar refractivity (Wildman–Crippen MR) is 63.3 cm³/mol. The maximum absolute atomic E-state index is 9.79. The maximum Gasteiger partial charge on any atom is 0.0791 e. The van der Waals surface area contributed by atoms with Crippen LogP contribution in [0.5, 0.6) is 0 Å². The second-order valence-electron chi connectivity index (χ2n) is 5.22. The van der Waals surface area contributed by atoms with Crippen molar-refractivity contribution in [1.29, 1.82) is 0 Å². The van der Waals surface area contributed by atoms with E-state index in [1.165, 1.54) is 25.7 Å². The van der Waals surface area contributed by atoms with Crippen LogP contribution in [0.4, 0.5) is 0 Å². The molecule has 4 heteroatoms. The fraction of sp³-hybridized carbons (Fsp3) is 1.00. The Morgan fingerprint density at radius 3 is 2.44 bits per heavy atom. The number of nitrogens with zero attached hydrogens (tertiary/aromatic N) is 1. The quantitative estimate of drug-likeness (QED) is 0.565. The van der Waals surface area contributed by atoms with Crippen molar-refractivity contribution in [1.82, 2.24) is 10.2 Å². The van der Waals surface area contributed by atoms with Crippen molar-refractivity contribution in [3.8, 4) is 0 Å². The molecule has 2 unspecified atom stereocenters. The number of aliphatic hydroxyl groups excluding tert-OH is 2. The average molecular weight is 228 g/mol. The highest BCUT2D eigenvalue weighted by atomic mass is 16.3. The molecule has 0 aromatic rings. The van der Waals surface area contributed by atoms with Crippen LogP contribution in [0.1, 0.15) is 25.7 Å². The van der Waals surface area contributed by atoms with Gasteiger partial charge in [-0.05, 0) is 44.7 Å². The van der Waals surface area contributed by atoms with Gasteiger partial charge < -0.3 is 20.4 Å². The van der Waals surface area contributed by atoms with Crippen LogP contribution in [-0.2, 0) is 0 Å². The van der Waals surface area contributed by atoms with E-state index in [1.807, 2.05) is 0 Å². The molecule has 1 saturated carbocycles. The molecule has 1 saturated heterocycles. The number of hydrogen-bond acceptors (Lipinski definition) is 4. The van der Waals surface area contributed by atoms with E-state index in [-0.39, 0.29) is 12.2 Å². The molecule has 0 radical (unpaired) electrons. The lowest BCUT2D eigenvalue weighted by Crippen LogP contribution is -2.39. The second-order valence-corrected chi connectivity index (χ2v) is 5.22. The SMILES string of the molecule is OC(CNCC(O)C1CC1)CN1CCCC1. The smallest absolute Gasteiger partial charge is 0.0791 e. The molecule has 0 amide bonds. The third-order valence-electron chi connectivity index (χ3n) is 3.57. The van der Waals surface area contributed by atoms with Crippen molar-refractivity contribution in [2.45, 2.75) is 37.9 Å². The van der Waals surface area contributed by atoms with Crippen molar-refractivity contribution in [2.24, 2.45) is 5.92 Å². The third kappa shape index (κ3) is 4.01. The zero-order chi connectivity index (χ0) is 11.4. The van der Waals surface area contributed by atoms with Crippen LogP contribution in [0.3, 0.4) is 0 Å². The first-order valence-corrected chi connectivity index (χ1v) is 6.55. The molecule has 1 heterocycles. The molecule has 2 rings (SSSR count). The van der Waals surface area contributed by atoms with Gasteiger partial charge in [-0.2, -0.15) is 0 Å². The van der Waals surface area contributed by atoms with Crippen molar-refractivity contribution >= 4 is 0 Å². The minimum absolute atomic E-state index is 0.209. The summed E-state index contributed by atoms with van der Waals surface area (Å²) in [5, 5.41) is 22.6. The number of nitrogens with one attached hydrogen (secondary N) is 1. The molecule has 1 aliphatic carbocycles. The van der Waals surface area contributed by atoms with Crippen molar-refractivity contribution in [3.63, 3.8) is 0 Å². The number of β-amino-alcohol motifs (C(OH)–C–C–N with tert-alkyl or cyclic N) is 1. The van der Waals surface area contributed by atoms with Gasteiger partial charge in [-0.15, -0.1) is 0 Å². The second kappa shape index (κ2) is 5.96. The van der Waals surface area contributed by atoms with Crippen LogP contribution < -0.4 is 5.32 Å². The molecule has 0 aromatic carbocycles. The average Bonchev–Trinajstić information content (AvgIpc) is 2.99. The lowest BCUT2D eigenvalue weighted by Gasteiger charge is -2.20. The van der Waals surface area contributed by atoms with Crippen LogP contribution in [-0.4, -0.2) is 60.0 Å². The fourth-order valence-corrected chi connectivity index (χ4v) is 2.37. The molecule has 2 aliphatic rings. The van der Waals surface area contributed by atoms with Gasteiger partial charge in [0, 0.05) is 19.6 Å². The van der Waals surface area contributed by atoms with Gasteiger partial charge in [0.1, 0.15) is 0 Å². The lowest BCUT2D eigenvalue weighted by molar-refractivity contribution is 0.110. The maximum atomic E-state index is 9.79. The summed E-state index contributed by atoms with van der Waals surface area (Å²) in [5.74, 6) is 0.517. The fourth-order valence-electron chi connectivity index (χ4n) is 2.37. The highest BCUT2D eigenvalue weighted by molar-refractivity contribution is 4.82. The van der Waals surface area contributed by atoms with E-state index in [4.69, 9.17) is 0 Å². The van der Waals surface area contributed by atoms with Gasteiger partial charge in [-0.1, -0.05) is 0 Å². The number of hydrogen-bond donors (Lipinski definition) is 3. The van der Waals surface area contributed by atoms with Crippen molar-refractivity contribution in [2.75, 3.05) is 32.7 Å². The van der Waals surface area contributed by atoms with E-state index >= 15 is 0 Å². The van der Waals surface area contributed by atoms with Gasteiger partial charge in [-0.25, -0.2) is 0 Å². The van der Waals surface area contributed by atoms with Crippen molar-refractivity contribution in [3.05, 3.63) is 0 Å². The zero-order valence-corrected chi connectivity index (χ0v) is 9.94. The van der Waals surface area contributed by atoms with Gasteiger partial charge >= 0.3 is 0 Å². The highest BCUT2D eigenvalue weighted by Gasteiger charge is 2.29. The summed E-state index contributed by atoms with van der Waals surface area (Å²) in [6.07, 6.45) is 4.35. The monoisotopic (exact) mass is 228 g/mol. The summed E-state index contributed by atoms with van der Waals surface area (Å²) < 4.78 is 0. The molecule has 94 valence electrons. The number of aliphatic hydroxyl groups is 2. The molecular weight excluding hydrogens is 204 g/mol. The molecular formula is C12H24N2O2. The van der Waals surface area contributed by atoms with Crippen LogP contribution in [0.25, 0.3) is 0 Å². The minimum atomic E-state index is -0.301. The first kappa shape index (κ1) is 12.3. The van der Waals surface area contributed by atoms with E-state index in [2.05, 4.69) is 10.2 Å². The molecule has 2 fully saturated rings. The first-order chi connectivity index (χ1) is 7.75. The Hall–Kier alpha value is -0.160. The van der Waals surface area contributed by atoms with Crippen LogP contribution in [0.15, 0.2) is 0 Å². The summed E-state index contributed by atoms with van der Waals surface area (Å²) in [4.78, 5) is 2.31. The Kier molecular flexibility index (Phi) is 4.58. The molecule has 0 bridgehead atoms. The largest absolute Gasteiger partial charge is 0.392 e. The van der Waals surface area contributed by atoms with Crippen LogP contribution in [0.2, 0.25) is 0 Å². The van der Waals surface area contributed by atoms with Gasteiger partial charge in [0.2, 0.25) is 0 Å². The minimum Gasteiger partial charge on any atom is -0.392 e. The molecule has 16 heavy (non-hydrogen) atoms. The van der Waals surface area contributed by atoms with Gasteiger partial charge in [0.15, 0.2) is 0 Å². The first-order valence-electron chi connectivity index (χ1n) is 6.55. The van der Waals surface area contributed by atoms with E-state index in [9.17, 15) is 10.2 Å². The summed E-state index contributed by atoms with van der Waals surface area (Å²) in [6.45, 7) is 4.25. The van der Waals surface area contributed by atoms with Crippen LogP contribution in [0, 0.1) is 5.92 Å². The molecule has 2 atom stereocenters. The standard InChI is InChI=1S/C12H24N2O2/c15-11(9-14-5-1-2-6-14)7-13-8-12(16)10-3-4-10/h10-13,15-16H,1-9H2. The van der Waals surface area contributed by atoms with E-state index < -0.39 is 0 Å². The molecule has 3 N–H and O–H groups in total. The van der Waals surface area contributed by atoms with E-state index in [0.717, 1.165) is 19.6 Å². The molecule has 4 nitrogen and oxygen atoms in total. The lowest BCUT2D eigenvalue weighted by atomic mass is 10.2. The Labute approximate surface area is 97.6 Å². The molecule has 0 aromatic heterocycles. The van der Waals surface area contributed by atoms with Crippen molar-refractivity contribution < 1.29 is 10.2 Å². The number of rotatable bonds is 7. The Balaban J connectivity index is 1.50. The summed E-state index contributed by atoms with van der Waals surface area (Å²) in [7, 11) is 0. The van der Waals surface area contributed by atoms with Gasteiger partial charge in [-0.3, -0.25) is 0 Å². The van der Waals surface area contributed by atoms with E-state index in [0.29, 0.717) is 19.0 Å². The Morgan fingerprint density at radius 1 is 1.12 bits per heavy atom. The number of likely N-dealkylation sites (tertiary alicyclic amines) is 1. The van der Waals surface area contributed by atoms with E-state index in [1.54, 1.807) is 0 Å². The third-order valence-corrected chi connectivity index (χ3v) is 3.57. The molecule has 1 aliphatic heterocycles. The summed E-state index contributed by atoms with van der Waals surface area (Å²) in [5.41, 5.74) is 0. The summed E-state index contributed by atoms with van der Waals surface area (Å²) in [6, 6.07) is 0. The Bertz CT molecular complexity index is 203. The zero-order valence-electron chi connectivity index (χ0n) is 9.94. The molecule has 0 spiro atoms. The van der Waals surface area contributed by atoms with Gasteiger partial charge in [0.05, 0.1) is 12.2 Å². The van der Waals surface area contributed by atoms with Crippen LogP contribution >= 0.6 is 0 Å².